The quantitative estimate of drug-likeness (QED) is 0.732. The van der Waals surface area contributed by atoms with Crippen LogP contribution in [0.25, 0.3) is 11.0 Å². The van der Waals surface area contributed by atoms with Gasteiger partial charge in [0.25, 0.3) is 10.0 Å². The van der Waals surface area contributed by atoms with E-state index in [1.807, 2.05) is 0 Å². The zero-order valence-corrected chi connectivity index (χ0v) is 15.1. The van der Waals surface area contributed by atoms with Crippen molar-refractivity contribution in [1.82, 2.24) is 19.3 Å². The van der Waals surface area contributed by atoms with Crippen LogP contribution in [-0.2, 0) is 10.0 Å². The average Bonchev–Trinajstić information content (AvgIpc) is 3.10. The third kappa shape index (κ3) is 2.69. The molecular formula is C17H19N5O3S. The van der Waals surface area contributed by atoms with Gasteiger partial charge in [-0.3, -0.25) is 9.97 Å². The van der Waals surface area contributed by atoms with Gasteiger partial charge in [0.05, 0.1) is 12.8 Å². The van der Waals surface area contributed by atoms with E-state index in [4.69, 9.17) is 4.74 Å². The number of hydrogen-bond acceptors (Lipinski definition) is 7. The van der Waals surface area contributed by atoms with Crippen LogP contribution in [0.4, 0.5) is 5.69 Å². The molecule has 1 N–H and O–H groups in total. The van der Waals surface area contributed by atoms with Gasteiger partial charge in [-0.2, -0.15) is 0 Å². The summed E-state index contributed by atoms with van der Waals surface area (Å²) in [5, 5.41) is 3.30. The Labute approximate surface area is 151 Å². The van der Waals surface area contributed by atoms with Crippen LogP contribution in [0, 0.1) is 0 Å². The van der Waals surface area contributed by atoms with Crippen LogP contribution in [0.5, 0.6) is 5.75 Å². The first-order valence-corrected chi connectivity index (χ1v) is 9.72. The average molecular weight is 373 g/mol. The van der Waals surface area contributed by atoms with Crippen molar-refractivity contribution in [2.45, 2.75) is 4.90 Å². The van der Waals surface area contributed by atoms with Gasteiger partial charge in [0.2, 0.25) is 0 Å². The van der Waals surface area contributed by atoms with Crippen molar-refractivity contribution in [3.63, 3.8) is 0 Å². The summed E-state index contributed by atoms with van der Waals surface area (Å²) in [7, 11) is -2.30. The first kappa shape index (κ1) is 16.8. The summed E-state index contributed by atoms with van der Waals surface area (Å²) in [4.78, 5) is 10.6. The minimum Gasteiger partial charge on any atom is -0.494 e. The van der Waals surface area contributed by atoms with Gasteiger partial charge in [-0.05, 0) is 12.1 Å². The molecule has 0 spiro atoms. The maximum Gasteiger partial charge on any atom is 0.269 e. The molecule has 136 valence electrons. The van der Waals surface area contributed by atoms with Crippen molar-refractivity contribution in [2.75, 3.05) is 38.2 Å². The first-order valence-electron chi connectivity index (χ1n) is 8.28. The highest BCUT2D eigenvalue weighted by Crippen LogP contribution is 2.35. The molecule has 3 aromatic rings. The van der Waals surface area contributed by atoms with Gasteiger partial charge in [0.15, 0.2) is 0 Å². The molecule has 0 atom stereocenters. The van der Waals surface area contributed by atoms with E-state index in [2.05, 4.69) is 20.2 Å². The van der Waals surface area contributed by atoms with E-state index in [1.165, 1.54) is 23.3 Å². The molecule has 1 saturated heterocycles. The Kier molecular flexibility index (Phi) is 4.25. The predicted octanol–water partition coefficient (Wildman–Crippen LogP) is 1.09. The van der Waals surface area contributed by atoms with Crippen LogP contribution in [0.15, 0.2) is 47.9 Å². The third-order valence-electron chi connectivity index (χ3n) is 4.46. The lowest BCUT2D eigenvalue weighted by Crippen LogP contribution is -2.43. The van der Waals surface area contributed by atoms with Gasteiger partial charge in [0, 0.05) is 57.0 Å². The van der Waals surface area contributed by atoms with E-state index >= 15 is 0 Å². The number of fused-ring (bicyclic) bond motifs is 1. The van der Waals surface area contributed by atoms with Gasteiger partial charge < -0.3 is 15.0 Å². The summed E-state index contributed by atoms with van der Waals surface area (Å²) in [6.45, 7) is 3.24. The molecule has 3 aromatic heterocycles. The van der Waals surface area contributed by atoms with Crippen molar-refractivity contribution in [1.29, 1.82) is 0 Å². The van der Waals surface area contributed by atoms with Gasteiger partial charge in [-0.25, -0.2) is 12.4 Å². The molecule has 0 amide bonds. The smallest absolute Gasteiger partial charge is 0.269 e. The normalized spacial score (nSPS) is 15.3. The van der Waals surface area contributed by atoms with E-state index in [0.29, 0.717) is 16.8 Å². The number of pyridine rings is 2. The maximum absolute atomic E-state index is 13.2. The van der Waals surface area contributed by atoms with E-state index < -0.39 is 10.0 Å². The Morgan fingerprint density at radius 3 is 2.69 bits per heavy atom. The number of rotatable bonds is 4. The third-order valence-corrected chi connectivity index (χ3v) is 6.10. The Morgan fingerprint density at radius 1 is 1.19 bits per heavy atom. The second-order valence-electron chi connectivity index (χ2n) is 5.95. The molecule has 8 nitrogen and oxygen atoms in total. The van der Waals surface area contributed by atoms with E-state index in [-0.39, 0.29) is 4.90 Å². The fraction of sp³-hybridized carbons (Fsp3) is 0.294. The van der Waals surface area contributed by atoms with E-state index in [0.717, 1.165) is 31.9 Å². The topological polar surface area (TPSA) is 89.4 Å². The van der Waals surface area contributed by atoms with Crippen LogP contribution in [0.1, 0.15) is 0 Å². The first-order chi connectivity index (χ1) is 12.6. The molecule has 4 heterocycles. The number of methoxy groups -OCH3 is 1. The van der Waals surface area contributed by atoms with Crippen LogP contribution >= 0.6 is 0 Å². The van der Waals surface area contributed by atoms with E-state index in [1.54, 1.807) is 30.7 Å². The standard InChI is InChI=1S/C17H19N5O3S/c1-25-15-4-6-20-16-14(21-9-7-18-8-10-21)12-22(17(15)16)26(23,24)13-3-2-5-19-11-13/h2-6,11-12,18H,7-10H2,1H3. The minimum absolute atomic E-state index is 0.120. The largest absolute Gasteiger partial charge is 0.494 e. The van der Waals surface area contributed by atoms with Gasteiger partial charge in [-0.1, -0.05) is 0 Å². The zero-order valence-electron chi connectivity index (χ0n) is 14.3. The fourth-order valence-electron chi connectivity index (χ4n) is 3.18. The molecule has 0 aromatic carbocycles. The van der Waals surface area contributed by atoms with Gasteiger partial charge in [-0.15, -0.1) is 0 Å². The number of ether oxygens (including phenoxy) is 1. The molecule has 4 rings (SSSR count). The van der Waals surface area contributed by atoms with Gasteiger partial charge >= 0.3 is 0 Å². The van der Waals surface area contributed by atoms with Crippen molar-refractivity contribution < 1.29 is 13.2 Å². The Morgan fingerprint density at radius 2 is 2.00 bits per heavy atom. The zero-order chi connectivity index (χ0) is 18.1. The molecule has 0 aliphatic carbocycles. The van der Waals surface area contributed by atoms with E-state index in [9.17, 15) is 8.42 Å². The molecule has 26 heavy (non-hydrogen) atoms. The van der Waals surface area contributed by atoms with Crippen LogP contribution in [-0.4, -0.2) is 55.6 Å². The predicted molar refractivity (Wildman–Crippen MR) is 98.2 cm³/mol. The highest BCUT2D eigenvalue weighted by atomic mass is 32.2. The number of piperazine rings is 1. The molecule has 9 heteroatoms. The lowest BCUT2D eigenvalue weighted by Gasteiger charge is -2.28. The monoisotopic (exact) mass is 373 g/mol. The highest BCUT2D eigenvalue weighted by molar-refractivity contribution is 7.90. The molecular weight excluding hydrogens is 354 g/mol. The minimum atomic E-state index is -3.82. The summed E-state index contributed by atoms with van der Waals surface area (Å²) in [5.41, 5.74) is 1.83. The summed E-state index contributed by atoms with van der Waals surface area (Å²) < 4.78 is 33.1. The number of anilines is 1. The SMILES string of the molecule is COc1ccnc2c(N3CCNCC3)cn(S(=O)(=O)c3cccnc3)c12. The van der Waals surface area contributed by atoms with Crippen molar-refractivity contribution in [2.24, 2.45) is 0 Å². The molecule has 1 fully saturated rings. The number of aromatic nitrogens is 3. The summed E-state index contributed by atoms with van der Waals surface area (Å²) in [6, 6.07) is 4.80. The van der Waals surface area contributed by atoms with Crippen molar-refractivity contribution in [3.8, 4) is 5.75 Å². The second-order valence-corrected chi connectivity index (χ2v) is 7.77. The lowest BCUT2D eigenvalue weighted by atomic mass is 10.3. The molecule has 0 unspecified atom stereocenters. The lowest BCUT2D eigenvalue weighted by molar-refractivity contribution is 0.418. The van der Waals surface area contributed by atoms with Crippen LogP contribution in [0.2, 0.25) is 0 Å². The van der Waals surface area contributed by atoms with Crippen LogP contribution in [0.3, 0.4) is 0 Å². The Hall–Kier alpha value is -2.65. The number of nitrogens with one attached hydrogen (secondary N) is 1. The fourth-order valence-corrected chi connectivity index (χ4v) is 4.51. The molecule has 0 radical (unpaired) electrons. The van der Waals surface area contributed by atoms with Crippen molar-refractivity contribution >= 4 is 26.7 Å². The summed E-state index contributed by atoms with van der Waals surface area (Å²) in [5.74, 6) is 0.462. The highest BCUT2D eigenvalue weighted by Gasteiger charge is 2.27. The molecule has 1 aliphatic heterocycles. The molecule has 0 bridgehead atoms. The van der Waals surface area contributed by atoms with Crippen LogP contribution < -0.4 is 15.0 Å². The Balaban J connectivity index is 1.97. The molecule has 1 aliphatic rings. The summed E-state index contributed by atoms with van der Waals surface area (Å²) >= 11 is 0. The molecule has 0 saturated carbocycles. The Bertz CT molecular complexity index is 1030. The van der Waals surface area contributed by atoms with Gasteiger partial charge in [0.1, 0.15) is 21.7 Å². The number of hydrogen-bond donors (Lipinski definition) is 1. The summed E-state index contributed by atoms with van der Waals surface area (Å²) in [6.07, 6.45) is 6.15. The number of nitrogens with zero attached hydrogens (tertiary/aromatic N) is 4. The van der Waals surface area contributed by atoms with Crippen molar-refractivity contribution in [3.05, 3.63) is 43.0 Å². The maximum atomic E-state index is 13.2. The second kappa shape index (κ2) is 6.58.